The Hall–Kier alpha value is -1.83. The largest absolute Gasteiger partial charge is 0.479 e. The quantitative estimate of drug-likeness (QED) is 0.266. The molecule has 2 N–H and O–H groups in total. The van der Waals surface area contributed by atoms with E-state index in [9.17, 15) is 29.4 Å². The summed E-state index contributed by atoms with van der Waals surface area (Å²) in [6.07, 6.45) is -0.873. The van der Waals surface area contributed by atoms with Gasteiger partial charge in [0.15, 0.2) is 6.04 Å². The van der Waals surface area contributed by atoms with Gasteiger partial charge in [-0.1, -0.05) is 24.0 Å². The number of aliphatic carboxylic acids is 1. The summed E-state index contributed by atoms with van der Waals surface area (Å²) >= 11 is 7.74. The molecule has 2 fully saturated rings. The molecule has 0 aliphatic carbocycles. The van der Waals surface area contributed by atoms with Crippen molar-refractivity contribution in [2.24, 2.45) is 5.92 Å². The van der Waals surface area contributed by atoms with Gasteiger partial charge in [-0.2, -0.15) is 0 Å². The lowest BCUT2D eigenvalue weighted by atomic mass is 9.91. The number of hydrogen-bond acceptors (Lipinski definition) is 10. The average molecular weight is 493 g/mol. The molecule has 2 saturated heterocycles. The molecule has 2 rings (SSSR count). The van der Waals surface area contributed by atoms with Gasteiger partial charge in [-0.25, -0.2) is 4.79 Å². The van der Waals surface area contributed by atoms with Crippen LogP contribution in [0, 0.1) is 5.92 Å². The summed E-state index contributed by atoms with van der Waals surface area (Å²) in [7, 11) is 0. The first-order valence-electron chi connectivity index (χ1n) is 9.36. The molecule has 2 aliphatic heterocycles. The molecule has 2 heterocycles. The topological polar surface area (TPSA) is 134 Å². The maximum Gasteiger partial charge on any atom is 0.331 e. The van der Waals surface area contributed by atoms with Gasteiger partial charge in [0.05, 0.1) is 30.5 Å². The van der Waals surface area contributed by atoms with Crippen LogP contribution in [-0.2, 0) is 28.7 Å². The Bertz CT molecular complexity index is 768. The van der Waals surface area contributed by atoms with E-state index in [1.54, 1.807) is 10.3 Å². The molecular formula is C18H24N2O8S3. The number of aliphatic hydroxyl groups excluding tert-OH is 1. The van der Waals surface area contributed by atoms with Crippen molar-refractivity contribution in [1.82, 2.24) is 9.80 Å². The van der Waals surface area contributed by atoms with Gasteiger partial charge in [-0.05, 0) is 12.3 Å². The fourth-order valence-electron chi connectivity index (χ4n) is 3.11. The number of ether oxygens (including phenoxy) is 2. The van der Waals surface area contributed by atoms with E-state index < -0.39 is 41.3 Å². The van der Waals surface area contributed by atoms with Crippen LogP contribution in [0.1, 0.15) is 20.8 Å². The smallest absolute Gasteiger partial charge is 0.331 e. The minimum Gasteiger partial charge on any atom is -0.479 e. The van der Waals surface area contributed by atoms with Crippen LogP contribution in [0.15, 0.2) is 10.3 Å². The lowest BCUT2D eigenvalue weighted by Crippen LogP contribution is -2.63. The SMILES string of the molecule is CC(=O)OCCN(CCOC(C)=O)C(=S)SC=C1S[C@@H]2[C@@H]([C@@H](C)O)C(=O)N2C1C(=O)O. The first-order valence-corrected chi connectivity index (χ1v) is 11.5. The second-order valence-corrected chi connectivity index (χ2v) is 9.53. The number of carboxylic acid groups (broad SMARTS) is 1. The average Bonchev–Trinajstić information content (AvgIpc) is 2.98. The van der Waals surface area contributed by atoms with Crippen molar-refractivity contribution in [2.45, 2.75) is 38.3 Å². The highest BCUT2D eigenvalue weighted by molar-refractivity contribution is 8.25. The van der Waals surface area contributed by atoms with Crippen LogP contribution in [0.3, 0.4) is 0 Å². The van der Waals surface area contributed by atoms with Crippen LogP contribution in [0.25, 0.3) is 0 Å². The third-order valence-corrected chi connectivity index (χ3v) is 7.45. The molecular weight excluding hydrogens is 468 g/mol. The van der Waals surface area contributed by atoms with Crippen molar-refractivity contribution in [2.75, 3.05) is 26.3 Å². The van der Waals surface area contributed by atoms with E-state index in [1.807, 2.05) is 0 Å². The summed E-state index contributed by atoms with van der Waals surface area (Å²) < 4.78 is 10.2. The zero-order valence-electron chi connectivity index (χ0n) is 17.2. The zero-order valence-corrected chi connectivity index (χ0v) is 19.6. The van der Waals surface area contributed by atoms with Crippen LogP contribution in [0.2, 0.25) is 0 Å². The van der Waals surface area contributed by atoms with Gasteiger partial charge in [-0.15, -0.1) is 11.8 Å². The second kappa shape index (κ2) is 11.2. The summed E-state index contributed by atoms with van der Waals surface area (Å²) in [5, 5.41) is 20.6. The maximum atomic E-state index is 12.3. The highest BCUT2D eigenvalue weighted by Crippen LogP contribution is 2.51. The third kappa shape index (κ3) is 6.34. The summed E-state index contributed by atoms with van der Waals surface area (Å²) in [4.78, 5) is 49.4. The first-order chi connectivity index (χ1) is 14.5. The standard InChI is InChI=1S/C18H24N2O8S3/c1-9(21)13-15(24)20-14(17(25)26)12(31-16(13)20)8-30-18(29)19(4-6-27-10(2)22)5-7-28-11(3)23/h8-9,13-14,16,21H,4-7H2,1-3H3,(H,25,26)/t9-,13+,14?,16-/m1/s1. The van der Waals surface area contributed by atoms with Gasteiger partial charge >= 0.3 is 17.9 Å². The lowest BCUT2D eigenvalue weighted by molar-refractivity contribution is -0.165. The summed E-state index contributed by atoms with van der Waals surface area (Å²) in [6.45, 7) is 4.78. The van der Waals surface area contributed by atoms with Crippen molar-refractivity contribution in [3.8, 4) is 0 Å². The predicted molar refractivity (Wildman–Crippen MR) is 118 cm³/mol. The van der Waals surface area contributed by atoms with E-state index in [2.05, 4.69) is 0 Å². The van der Waals surface area contributed by atoms with Crippen LogP contribution in [0.4, 0.5) is 0 Å². The fourth-order valence-corrected chi connectivity index (χ4v) is 5.93. The van der Waals surface area contributed by atoms with Crippen molar-refractivity contribution in [3.05, 3.63) is 10.3 Å². The summed E-state index contributed by atoms with van der Waals surface area (Å²) in [5.74, 6) is -3.06. The molecule has 4 atom stereocenters. The molecule has 172 valence electrons. The van der Waals surface area contributed by atoms with E-state index in [4.69, 9.17) is 21.7 Å². The number of carbonyl (C=O) groups is 4. The number of fused-ring (bicyclic) bond motifs is 1. The Labute approximate surface area is 193 Å². The van der Waals surface area contributed by atoms with Crippen LogP contribution < -0.4 is 0 Å². The van der Waals surface area contributed by atoms with Crippen molar-refractivity contribution >= 4 is 63.9 Å². The Morgan fingerprint density at radius 2 is 1.81 bits per heavy atom. The molecule has 13 heteroatoms. The summed E-state index contributed by atoms with van der Waals surface area (Å²) in [5.41, 5.74) is 0. The second-order valence-electron chi connectivity index (χ2n) is 6.83. The van der Waals surface area contributed by atoms with Gasteiger partial charge in [0.25, 0.3) is 0 Å². The minimum atomic E-state index is -1.16. The highest BCUT2D eigenvalue weighted by atomic mass is 32.2. The highest BCUT2D eigenvalue weighted by Gasteiger charge is 2.60. The minimum absolute atomic E-state index is 0.0829. The van der Waals surface area contributed by atoms with Gasteiger partial charge in [0, 0.05) is 18.8 Å². The number of esters is 2. The number of carboxylic acids is 1. The van der Waals surface area contributed by atoms with Gasteiger partial charge in [-0.3, -0.25) is 14.4 Å². The Kier molecular flexibility index (Phi) is 9.15. The van der Waals surface area contributed by atoms with Crippen LogP contribution >= 0.6 is 35.7 Å². The summed E-state index contributed by atoms with van der Waals surface area (Å²) in [6, 6.07) is -1.12. The molecule has 2 aliphatic rings. The molecule has 0 saturated carbocycles. The monoisotopic (exact) mass is 492 g/mol. The molecule has 0 aromatic heterocycles. The molecule has 0 bridgehead atoms. The van der Waals surface area contributed by atoms with Crippen molar-refractivity contribution in [3.63, 3.8) is 0 Å². The molecule has 0 aromatic rings. The van der Waals surface area contributed by atoms with Crippen molar-refractivity contribution < 1.29 is 38.9 Å². The number of nitrogens with zero attached hydrogens (tertiary/aromatic N) is 2. The van der Waals surface area contributed by atoms with Gasteiger partial charge in [0.1, 0.15) is 17.5 Å². The molecule has 31 heavy (non-hydrogen) atoms. The normalized spacial score (nSPS) is 24.3. The number of carbonyl (C=O) groups excluding carboxylic acids is 3. The number of rotatable bonds is 9. The first kappa shape index (κ1) is 25.4. The zero-order chi connectivity index (χ0) is 23.3. The number of aliphatic hydroxyl groups is 1. The molecule has 1 unspecified atom stereocenters. The Morgan fingerprint density at radius 3 is 2.26 bits per heavy atom. The van der Waals surface area contributed by atoms with E-state index >= 15 is 0 Å². The maximum absolute atomic E-state index is 12.3. The van der Waals surface area contributed by atoms with E-state index in [0.717, 1.165) is 11.8 Å². The van der Waals surface area contributed by atoms with Crippen molar-refractivity contribution in [1.29, 1.82) is 0 Å². The number of thioether (sulfide) groups is 2. The molecule has 0 spiro atoms. The Balaban J connectivity index is 2.06. The number of β-lactam (4-membered cyclic amide) rings is 1. The molecule has 1 amide bonds. The van der Waals surface area contributed by atoms with Gasteiger partial charge in [0.2, 0.25) is 5.91 Å². The number of hydrogen-bond donors (Lipinski definition) is 2. The Morgan fingerprint density at radius 1 is 1.26 bits per heavy atom. The van der Waals surface area contributed by atoms with E-state index in [1.165, 1.54) is 37.4 Å². The number of thiocarbonyl (C=S) groups is 1. The van der Waals surface area contributed by atoms with E-state index in [-0.39, 0.29) is 32.2 Å². The predicted octanol–water partition coefficient (Wildman–Crippen LogP) is 0.639. The van der Waals surface area contributed by atoms with Crippen LogP contribution in [0.5, 0.6) is 0 Å². The molecule has 0 aromatic carbocycles. The van der Waals surface area contributed by atoms with Crippen LogP contribution in [-0.4, -0.2) is 92.0 Å². The fraction of sp³-hybridized carbons (Fsp3) is 0.611. The third-order valence-electron chi connectivity index (χ3n) is 4.55. The van der Waals surface area contributed by atoms with E-state index in [0.29, 0.717) is 9.23 Å². The number of amides is 1. The molecule has 0 radical (unpaired) electrons. The van der Waals surface area contributed by atoms with Gasteiger partial charge < -0.3 is 29.5 Å². The molecule has 10 nitrogen and oxygen atoms in total. The lowest BCUT2D eigenvalue weighted by Gasteiger charge is -2.44.